The monoisotopic (exact) mass is 1060 g/mol. The molecule has 4 aliphatic rings. The predicted molar refractivity (Wildman–Crippen MR) is 337 cm³/mol. The predicted octanol–water partition coefficient (Wildman–Crippen LogP) is 15.5. The fourth-order valence-corrected chi connectivity index (χ4v) is 13.2. The van der Waals surface area contributed by atoms with Gasteiger partial charge in [0.15, 0.2) is 11.6 Å². The summed E-state index contributed by atoms with van der Waals surface area (Å²) in [7, 11) is 0. The zero-order valence-corrected chi connectivity index (χ0v) is 47.0. The summed E-state index contributed by atoms with van der Waals surface area (Å²) in [5.41, 5.74) is 12.2. The van der Waals surface area contributed by atoms with Crippen molar-refractivity contribution in [1.29, 1.82) is 0 Å². The van der Waals surface area contributed by atoms with E-state index in [0.29, 0.717) is 44.5 Å². The van der Waals surface area contributed by atoms with Gasteiger partial charge in [0.2, 0.25) is 0 Å². The molecule has 83 heavy (non-hydrogen) atoms. The number of carbonyl (C=O) groups excluding carboxylic acids is 2. The number of rotatable bonds is 2. The van der Waals surface area contributed by atoms with E-state index in [1.54, 1.807) is 12.1 Å². The van der Waals surface area contributed by atoms with Crippen LogP contribution in [-0.2, 0) is 11.2 Å². The molecule has 2 atom stereocenters. The minimum absolute atomic E-state index is 0. The largest absolute Gasteiger partial charge is 1.00 e. The maximum Gasteiger partial charge on any atom is 1.00 e. The molecule has 0 bridgehead atoms. The first-order chi connectivity index (χ1) is 40.3. The Labute approximate surface area is 496 Å². The summed E-state index contributed by atoms with van der Waals surface area (Å²) in [5, 5.41) is 35.7. The van der Waals surface area contributed by atoms with Crippen molar-refractivity contribution < 1.29 is 38.7 Å². The van der Waals surface area contributed by atoms with Crippen molar-refractivity contribution in [3.63, 3.8) is 0 Å². The molecule has 0 fully saturated rings. The summed E-state index contributed by atoms with van der Waals surface area (Å²) < 4.78 is 0. The van der Waals surface area contributed by atoms with Gasteiger partial charge in [-0.3, -0.25) is 9.59 Å². The standard InChI is InChI=1S/C40H26O2.C28H14O2.C6H5.2C2H6.Li/c41-39(26-13-3-1-4-14-26)34-20-9-10-21-35(34)40(42,27-15-5-2-6-16-27)37-24-32-31(23-36(37)39)30-19-11-18-29-28-17-8-7-12-25(28)22-33(32)38(29)30;29-27-19-8-3-4-9-20(19)28(30)25-14-22-21(13-24(25)27)18-11-5-10-17-16-7-2-1-6-15(16)12-23(22)26(17)18;1-2-4-6-5-3-1;2*1-2;/h1-24,41-42H;1-14H;1-5H;2*1-2H3;/q;;-1;;;+1. The molecule has 0 amide bonds. The van der Waals surface area contributed by atoms with Gasteiger partial charge in [-0.2, -0.15) is 36.4 Å². The molecule has 0 saturated heterocycles. The first-order valence-corrected chi connectivity index (χ1v) is 28.3. The van der Waals surface area contributed by atoms with Gasteiger partial charge in [-0.25, -0.2) is 0 Å². The van der Waals surface area contributed by atoms with E-state index >= 15 is 0 Å². The van der Waals surface area contributed by atoms with E-state index in [2.05, 4.69) is 109 Å². The fourth-order valence-electron chi connectivity index (χ4n) is 13.2. The third-order valence-electron chi connectivity index (χ3n) is 16.6. The second kappa shape index (κ2) is 21.9. The van der Waals surface area contributed by atoms with Crippen molar-refractivity contribution in [1.82, 2.24) is 0 Å². The van der Waals surface area contributed by atoms with Crippen molar-refractivity contribution in [2.24, 2.45) is 0 Å². The van der Waals surface area contributed by atoms with Gasteiger partial charge in [0.1, 0.15) is 11.2 Å². The van der Waals surface area contributed by atoms with Crippen molar-refractivity contribution in [3.05, 3.63) is 323 Å². The van der Waals surface area contributed by atoms with Crippen LogP contribution >= 0.6 is 0 Å². The molecule has 2 unspecified atom stereocenters. The summed E-state index contributed by atoms with van der Waals surface area (Å²) in [6.45, 7) is 8.00. The Morgan fingerprint density at radius 2 is 0.627 bits per heavy atom. The maximum absolute atomic E-state index is 13.2. The van der Waals surface area contributed by atoms with E-state index in [9.17, 15) is 19.8 Å². The topological polar surface area (TPSA) is 74.6 Å². The molecule has 0 heterocycles. The molecule has 0 saturated carbocycles. The molecule has 0 spiro atoms. The first-order valence-electron chi connectivity index (χ1n) is 28.3. The molecule has 5 heteroatoms. The van der Waals surface area contributed by atoms with E-state index in [-0.39, 0.29) is 30.4 Å². The van der Waals surface area contributed by atoms with Gasteiger partial charge in [-0.1, -0.05) is 222 Å². The van der Waals surface area contributed by atoms with Crippen LogP contribution in [0.5, 0.6) is 0 Å². The number of hydrogen-bond acceptors (Lipinski definition) is 4. The minimum Gasteiger partial charge on any atom is -0.376 e. The molecule has 17 rings (SSSR count). The van der Waals surface area contributed by atoms with Gasteiger partial charge in [0.05, 0.1) is 0 Å². The van der Waals surface area contributed by atoms with Crippen LogP contribution < -0.4 is 18.9 Å². The number of carbonyl (C=O) groups is 2. The Hall–Kier alpha value is -9.24. The number of benzene rings is 13. The van der Waals surface area contributed by atoms with Crippen LogP contribution in [0.4, 0.5) is 0 Å². The average molecular weight is 1070 g/mol. The second-order valence-corrected chi connectivity index (χ2v) is 20.6. The number of aliphatic hydroxyl groups is 2. The van der Waals surface area contributed by atoms with E-state index in [1.165, 1.54) is 43.1 Å². The Bertz CT molecular complexity index is 4660. The van der Waals surface area contributed by atoms with Crippen LogP contribution in [0.2, 0.25) is 0 Å². The molecule has 13 aromatic carbocycles. The molecule has 4 nitrogen and oxygen atoms in total. The number of ketones is 2. The van der Waals surface area contributed by atoms with Gasteiger partial charge in [-0.05, 0) is 146 Å². The Morgan fingerprint density at radius 3 is 1.05 bits per heavy atom. The van der Waals surface area contributed by atoms with Crippen LogP contribution in [0.25, 0.3) is 87.6 Å². The molecule has 2 N–H and O–H groups in total. The molecule has 0 aliphatic heterocycles. The van der Waals surface area contributed by atoms with Crippen LogP contribution in [0.1, 0.15) is 92.9 Å². The molecular weight excluding hydrogens is 1010 g/mol. The summed E-state index contributed by atoms with van der Waals surface area (Å²) in [6.07, 6.45) is 0. The molecule has 0 radical (unpaired) electrons. The van der Waals surface area contributed by atoms with Crippen LogP contribution in [-0.4, -0.2) is 21.8 Å². The third-order valence-corrected chi connectivity index (χ3v) is 16.6. The zero-order chi connectivity index (χ0) is 56.3. The fraction of sp³-hybridized carbons (Fsp3) is 0.0769. The first kappa shape index (κ1) is 54.4. The van der Waals surface area contributed by atoms with Gasteiger partial charge >= 0.3 is 18.9 Å². The Balaban J connectivity index is 0.000000145. The smallest absolute Gasteiger partial charge is 0.376 e. The molecular formula is C78H57LiO4. The summed E-state index contributed by atoms with van der Waals surface area (Å²) in [4.78, 5) is 26.4. The Kier molecular flexibility index (Phi) is 14.3. The van der Waals surface area contributed by atoms with Crippen molar-refractivity contribution in [3.8, 4) is 44.5 Å². The number of hydrogen-bond donors (Lipinski definition) is 2. The van der Waals surface area contributed by atoms with Crippen molar-refractivity contribution in [2.45, 2.75) is 38.9 Å². The van der Waals surface area contributed by atoms with Gasteiger partial charge in [-0.15, -0.1) is 0 Å². The number of fused-ring (bicyclic) bond motifs is 14. The Morgan fingerprint density at radius 1 is 0.289 bits per heavy atom. The summed E-state index contributed by atoms with van der Waals surface area (Å²) in [5.74, 6) is -0.146. The molecule has 13 aromatic rings. The summed E-state index contributed by atoms with van der Waals surface area (Å²) in [6, 6.07) is 89.5. The van der Waals surface area contributed by atoms with E-state index in [0.717, 1.165) is 55.6 Å². The van der Waals surface area contributed by atoms with Gasteiger partial charge in [0.25, 0.3) is 0 Å². The summed E-state index contributed by atoms with van der Waals surface area (Å²) >= 11 is 0. The van der Waals surface area contributed by atoms with Crippen molar-refractivity contribution in [2.75, 3.05) is 0 Å². The zero-order valence-electron chi connectivity index (χ0n) is 47.0. The van der Waals surface area contributed by atoms with E-state index in [1.807, 2.05) is 173 Å². The molecule has 394 valence electrons. The van der Waals surface area contributed by atoms with E-state index in [4.69, 9.17) is 0 Å². The van der Waals surface area contributed by atoms with Crippen LogP contribution in [0, 0.1) is 6.07 Å². The van der Waals surface area contributed by atoms with Gasteiger partial charge < -0.3 is 10.2 Å². The van der Waals surface area contributed by atoms with Crippen LogP contribution in [0.15, 0.2) is 261 Å². The van der Waals surface area contributed by atoms with Crippen LogP contribution in [0.3, 0.4) is 0 Å². The molecule has 0 aromatic heterocycles. The quantitative estimate of drug-likeness (QED) is 0.103. The minimum atomic E-state index is -1.46. The maximum atomic E-state index is 13.2. The molecule has 4 aliphatic carbocycles. The normalized spacial score (nSPS) is 15.6. The average Bonchev–Trinajstić information content (AvgIpc) is 2.87. The van der Waals surface area contributed by atoms with Crippen molar-refractivity contribution >= 4 is 54.7 Å². The van der Waals surface area contributed by atoms with Gasteiger partial charge in [0, 0.05) is 33.4 Å². The second-order valence-electron chi connectivity index (χ2n) is 20.6. The SMILES string of the molecule is CC.CC.O=C1c2ccccc2C(=O)c2cc3c(cc21)-c1cccc2c1c-3cc1ccccc12.OC1(c2ccccc2)c2ccccc2C(O)(c2ccccc2)c2cc3c(cc21)-c1cccc2c1c-3cc1ccccc12.[Li+].[c-]1ccccc1. The third kappa shape index (κ3) is 8.36. The van der Waals surface area contributed by atoms with E-state index < -0.39 is 11.2 Å².